The lowest BCUT2D eigenvalue weighted by atomic mass is 9.64. The van der Waals surface area contributed by atoms with Crippen LogP contribution >= 0.6 is 0 Å². The maximum absolute atomic E-state index is 9.71. The highest BCUT2D eigenvalue weighted by Crippen LogP contribution is 2.40. The lowest BCUT2D eigenvalue weighted by Gasteiger charge is -2.50. The van der Waals surface area contributed by atoms with Crippen LogP contribution < -0.4 is 5.32 Å². The number of hydrogen-bond donors (Lipinski definition) is 2. The van der Waals surface area contributed by atoms with Crippen molar-refractivity contribution >= 4 is 0 Å². The van der Waals surface area contributed by atoms with Crippen LogP contribution in [-0.4, -0.2) is 23.8 Å². The van der Waals surface area contributed by atoms with Crippen molar-refractivity contribution in [3.63, 3.8) is 0 Å². The molecule has 0 amide bonds. The van der Waals surface area contributed by atoms with Gasteiger partial charge in [-0.2, -0.15) is 0 Å². The molecule has 17 heavy (non-hydrogen) atoms. The lowest BCUT2D eigenvalue weighted by molar-refractivity contribution is -0.0747. The molecule has 2 heteroatoms. The molecule has 1 aliphatic rings. The topological polar surface area (TPSA) is 32.3 Å². The van der Waals surface area contributed by atoms with Crippen molar-refractivity contribution in [3.8, 4) is 0 Å². The number of hydrogen-bond acceptors (Lipinski definition) is 2. The molecule has 0 spiro atoms. The molecule has 0 bridgehead atoms. The summed E-state index contributed by atoms with van der Waals surface area (Å²) in [4.78, 5) is 0. The zero-order chi connectivity index (χ0) is 13.1. The summed E-state index contributed by atoms with van der Waals surface area (Å²) in [7, 11) is 0. The third kappa shape index (κ3) is 3.96. The van der Waals surface area contributed by atoms with E-state index in [1.165, 1.54) is 25.7 Å². The second-order valence-corrected chi connectivity index (χ2v) is 7.13. The van der Waals surface area contributed by atoms with Crippen LogP contribution in [-0.2, 0) is 0 Å². The van der Waals surface area contributed by atoms with Gasteiger partial charge in [-0.15, -0.1) is 0 Å². The van der Waals surface area contributed by atoms with E-state index in [9.17, 15) is 5.11 Å². The van der Waals surface area contributed by atoms with E-state index in [4.69, 9.17) is 0 Å². The SMILES string of the molecule is CCCCCC(C)(C)CNC1CC(O)C1(C)C. The highest BCUT2D eigenvalue weighted by atomic mass is 16.3. The van der Waals surface area contributed by atoms with Gasteiger partial charge in [0.25, 0.3) is 0 Å². The molecule has 2 N–H and O–H groups in total. The molecular weight excluding hydrogens is 210 g/mol. The molecule has 1 saturated carbocycles. The Hall–Kier alpha value is -0.0800. The maximum Gasteiger partial charge on any atom is 0.0621 e. The van der Waals surface area contributed by atoms with Crippen LogP contribution in [0.3, 0.4) is 0 Å². The molecule has 2 nitrogen and oxygen atoms in total. The largest absolute Gasteiger partial charge is 0.392 e. The van der Waals surface area contributed by atoms with Crippen molar-refractivity contribution < 1.29 is 5.11 Å². The quantitative estimate of drug-likeness (QED) is 0.670. The van der Waals surface area contributed by atoms with Crippen LogP contribution in [0.5, 0.6) is 0 Å². The van der Waals surface area contributed by atoms with Gasteiger partial charge in [-0.3, -0.25) is 0 Å². The molecule has 1 rings (SSSR count). The number of unbranched alkanes of at least 4 members (excludes halogenated alkanes) is 2. The van der Waals surface area contributed by atoms with Crippen LogP contribution in [0.1, 0.15) is 66.7 Å². The highest BCUT2D eigenvalue weighted by Gasteiger charge is 2.47. The summed E-state index contributed by atoms with van der Waals surface area (Å²) in [5.41, 5.74) is 0.436. The van der Waals surface area contributed by atoms with Crippen molar-refractivity contribution in [1.29, 1.82) is 0 Å². The van der Waals surface area contributed by atoms with E-state index < -0.39 is 0 Å². The molecule has 1 aliphatic carbocycles. The first kappa shape index (κ1) is 15.0. The molecule has 0 aromatic heterocycles. The van der Waals surface area contributed by atoms with Crippen LogP contribution in [0.25, 0.3) is 0 Å². The van der Waals surface area contributed by atoms with E-state index >= 15 is 0 Å². The summed E-state index contributed by atoms with van der Waals surface area (Å²) < 4.78 is 0. The van der Waals surface area contributed by atoms with Gasteiger partial charge in [0.15, 0.2) is 0 Å². The maximum atomic E-state index is 9.71. The van der Waals surface area contributed by atoms with Crippen LogP contribution in [0.4, 0.5) is 0 Å². The molecule has 0 aromatic rings. The Morgan fingerprint density at radius 2 is 1.94 bits per heavy atom. The number of aliphatic hydroxyl groups is 1. The average Bonchev–Trinajstić information content (AvgIpc) is 2.24. The third-order valence-corrected chi connectivity index (χ3v) is 4.50. The fourth-order valence-corrected chi connectivity index (χ4v) is 2.59. The van der Waals surface area contributed by atoms with Gasteiger partial charge in [-0.25, -0.2) is 0 Å². The molecule has 0 aliphatic heterocycles. The molecule has 2 unspecified atom stereocenters. The minimum atomic E-state index is -0.122. The second-order valence-electron chi connectivity index (χ2n) is 7.13. The Morgan fingerprint density at radius 3 is 2.41 bits per heavy atom. The molecular formula is C15H31NO. The first-order valence-electron chi connectivity index (χ1n) is 7.21. The van der Waals surface area contributed by atoms with Crippen LogP contribution in [0.2, 0.25) is 0 Å². The normalized spacial score (nSPS) is 27.9. The standard InChI is InChI=1S/C15H31NO/c1-6-7-8-9-14(2,3)11-16-12-10-13(17)15(12,4)5/h12-13,16-17H,6-11H2,1-5H3. The number of rotatable bonds is 7. The van der Waals surface area contributed by atoms with E-state index in [0.717, 1.165) is 13.0 Å². The molecule has 0 aromatic carbocycles. The highest BCUT2D eigenvalue weighted by molar-refractivity contribution is 5.02. The van der Waals surface area contributed by atoms with Gasteiger partial charge in [-0.1, -0.05) is 53.9 Å². The van der Waals surface area contributed by atoms with Crippen LogP contribution in [0.15, 0.2) is 0 Å². The molecule has 0 heterocycles. The van der Waals surface area contributed by atoms with Gasteiger partial charge in [-0.05, 0) is 18.3 Å². The Morgan fingerprint density at radius 1 is 1.29 bits per heavy atom. The van der Waals surface area contributed by atoms with Gasteiger partial charge in [0.05, 0.1) is 6.10 Å². The fourth-order valence-electron chi connectivity index (χ4n) is 2.59. The van der Waals surface area contributed by atoms with Crippen molar-refractivity contribution in [2.75, 3.05) is 6.54 Å². The van der Waals surface area contributed by atoms with Crippen LogP contribution in [0, 0.1) is 10.8 Å². The van der Waals surface area contributed by atoms with Gasteiger partial charge in [0.1, 0.15) is 0 Å². The molecule has 102 valence electrons. The van der Waals surface area contributed by atoms with E-state index in [0.29, 0.717) is 11.5 Å². The molecule has 2 atom stereocenters. The van der Waals surface area contributed by atoms with Gasteiger partial charge >= 0.3 is 0 Å². The summed E-state index contributed by atoms with van der Waals surface area (Å²) in [5.74, 6) is 0. The Labute approximate surface area is 107 Å². The van der Waals surface area contributed by atoms with Crippen molar-refractivity contribution in [2.45, 2.75) is 78.9 Å². The van der Waals surface area contributed by atoms with E-state index in [2.05, 4.69) is 39.9 Å². The van der Waals surface area contributed by atoms with Gasteiger partial charge in [0, 0.05) is 18.0 Å². The second kappa shape index (κ2) is 5.71. The fraction of sp³-hybridized carbons (Fsp3) is 1.00. The third-order valence-electron chi connectivity index (χ3n) is 4.50. The van der Waals surface area contributed by atoms with E-state index in [1.807, 2.05) is 0 Å². The monoisotopic (exact) mass is 241 g/mol. The van der Waals surface area contributed by atoms with E-state index in [-0.39, 0.29) is 11.5 Å². The molecule has 1 fully saturated rings. The van der Waals surface area contributed by atoms with E-state index in [1.54, 1.807) is 0 Å². The summed E-state index contributed by atoms with van der Waals surface area (Å²) in [6.07, 6.45) is 6.06. The zero-order valence-corrected chi connectivity index (χ0v) is 12.3. The van der Waals surface area contributed by atoms with Gasteiger partial charge in [0.2, 0.25) is 0 Å². The predicted molar refractivity (Wildman–Crippen MR) is 74.1 cm³/mol. The van der Waals surface area contributed by atoms with Gasteiger partial charge < -0.3 is 10.4 Å². The Balaban J connectivity index is 2.25. The number of aliphatic hydroxyl groups excluding tert-OH is 1. The van der Waals surface area contributed by atoms with Crippen molar-refractivity contribution in [3.05, 3.63) is 0 Å². The summed E-state index contributed by atoms with van der Waals surface area (Å²) in [6, 6.07) is 0.489. The Kier molecular flexibility index (Phi) is 5.03. The molecule has 0 saturated heterocycles. The smallest absolute Gasteiger partial charge is 0.0621 e. The molecule has 0 radical (unpaired) electrons. The summed E-state index contributed by atoms with van der Waals surface area (Å²) >= 11 is 0. The minimum absolute atomic E-state index is 0.0551. The van der Waals surface area contributed by atoms with Crippen molar-refractivity contribution in [2.24, 2.45) is 10.8 Å². The summed E-state index contributed by atoms with van der Waals surface area (Å²) in [5, 5.41) is 13.4. The zero-order valence-electron chi connectivity index (χ0n) is 12.3. The Bertz CT molecular complexity index is 235. The predicted octanol–water partition coefficient (Wildman–Crippen LogP) is 3.34. The first-order valence-corrected chi connectivity index (χ1v) is 7.21. The van der Waals surface area contributed by atoms with Crippen molar-refractivity contribution in [1.82, 2.24) is 5.32 Å². The lowest BCUT2D eigenvalue weighted by Crippen LogP contribution is -2.61. The number of nitrogens with one attached hydrogen (secondary N) is 1. The summed E-state index contributed by atoms with van der Waals surface area (Å²) in [6.45, 7) is 12.3. The minimum Gasteiger partial charge on any atom is -0.392 e. The first-order chi connectivity index (χ1) is 7.79. The average molecular weight is 241 g/mol.